The Kier molecular flexibility index (Phi) is 6.06. The number of morpholine rings is 1. The molecule has 1 N–H and O–H groups in total. The summed E-state index contributed by atoms with van der Waals surface area (Å²) in [4.78, 5) is 28.0. The lowest BCUT2D eigenvalue weighted by Gasteiger charge is -2.35. The fraction of sp³-hybridized carbons (Fsp3) is 0.579. The van der Waals surface area contributed by atoms with E-state index in [2.05, 4.69) is 10.2 Å². The van der Waals surface area contributed by atoms with Gasteiger partial charge in [0.05, 0.1) is 23.8 Å². The normalized spacial score (nSPS) is 26.4. The zero-order chi connectivity index (χ0) is 19.6. The summed E-state index contributed by atoms with van der Waals surface area (Å²) in [5.74, 6) is -2.60. The number of anilines is 1. The van der Waals surface area contributed by atoms with E-state index in [0.29, 0.717) is 13.1 Å². The van der Waals surface area contributed by atoms with Crippen LogP contribution in [-0.4, -0.2) is 61.6 Å². The largest absolute Gasteiger partial charge is 0.373 e. The third kappa shape index (κ3) is 4.81. The van der Waals surface area contributed by atoms with Gasteiger partial charge in [-0.3, -0.25) is 14.5 Å². The highest BCUT2D eigenvalue weighted by atomic mass is 19.1. The van der Waals surface area contributed by atoms with Crippen LogP contribution in [0.25, 0.3) is 0 Å². The van der Waals surface area contributed by atoms with E-state index in [-0.39, 0.29) is 42.7 Å². The zero-order valence-electron chi connectivity index (χ0n) is 15.6. The average Bonchev–Trinajstić information content (AvgIpc) is 2.96. The van der Waals surface area contributed by atoms with E-state index < -0.39 is 17.6 Å². The fourth-order valence-electron chi connectivity index (χ4n) is 3.76. The van der Waals surface area contributed by atoms with Gasteiger partial charge in [-0.2, -0.15) is 0 Å². The summed E-state index contributed by atoms with van der Waals surface area (Å²) in [6, 6.07) is 3.06. The molecule has 2 amide bonds. The quantitative estimate of drug-likeness (QED) is 0.841. The molecule has 2 heterocycles. The Morgan fingerprint density at radius 2 is 1.93 bits per heavy atom. The van der Waals surface area contributed by atoms with E-state index in [1.807, 2.05) is 13.8 Å². The van der Waals surface area contributed by atoms with Gasteiger partial charge in [-0.1, -0.05) is 0 Å². The molecule has 6 nitrogen and oxygen atoms in total. The monoisotopic (exact) mass is 381 g/mol. The van der Waals surface area contributed by atoms with Gasteiger partial charge in [0.1, 0.15) is 11.6 Å². The minimum atomic E-state index is -0.806. The Balaban J connectivity index is 1.50. The average molecular weight is 381 g/mol. The van der Waals surface area contributed by atoms with Crippen LogP contribution in [0.2, 0.25) is 0 Å². The second-order valence-corrected chi connectivity index (χ2v) is 7.31. The minimum absolute atomic E-state index is 0.00740. The molecule has 3 unspecified atom stereocenters. The molecule has 1 aromatic carbocycles. The van der Waals surface area contributed by atoms with Crippen molar-refractivity contribution >= 4 is 17.5 Å². The predicted molar refractivity (Wildman–Crippen MR) is 96.3 cm³/mol. The molecule has 0 spiro atoms. The number of ether oxygens (including phenoxy) is 1. The molecule has 8 heteroatoms. The highest BCUT2D eigenvalue weighted by Gasteiger charge is 2.36. The van der Waals surface area contributed by atoms with Crippen molar-refractivity contribution in [2.24, 2.45) is 5.92 Å². The van der Waals surface area contributed by atoms with Crippen LogP contribution in [-0.2, 0) is 14.3 Å². The summed E-state index contributed by atoms with van der Waals surface area (Å²) in [5, 5.41) is 2.86. The number of benzene rings is 1. The Morgan fingerprint density at radius 1 is 1.22 bits per heavy atom. The number of hydrogen-bond donors (Lipinski definition) is 1. The van der Waals surface area contributed by atoms with E-state index in [1.54, 1.807) is 0 Å². The highest BCUT2D eigenvalue weighted by Crippen LogP contribution is 2.28. The molecule has 1 aromatic rings. The van der Waals surface area contributed by atoms with Crippen LogP contribution in [0, 0.1) is 17.6 Å². The molecule has 27 heavy (non-hydrogen) atoms. The van der Waals surface area contributed by atoms with E-state index >= 15 is 0 Å². The van der Waals surface area contributed by atoms with Crippen LogP contribution in [0.1, 0.15) is 20.3 Å². The first-order valence-corrected chi connectivity index (χ1v) is 9.24. The maximum absolute atomic E-state index is 13.9. The van der Waals surface area contributed by atoms with Crippen LogP contribution >= 0.6 is 0 Å². The van der Waals surface area contributed by atoms with Gasteiger partial charge in [0, 0.05) is 45.2 Å². The Morgan fingerprint density at radius 3 is 2.59 bits per heavy atom. The summed E-state index contributed by atoms with van der Waals surface area (Å²) in [5.41, 5.74) is 0.00740. The number of halogens is 2. The van der Waals surface area contributed by atoms with Crippen molar-refractivity contribution in [3.63, 3.8) is 0 Å². The second kappa shape index (κ2) is 8.31. The molecule has 2 aliphatic rings. The minimum Gasteiger partial charge on any atom is -0.373 e. The van der Waals surface area contributed by atoms with Gasteiger partial charge in [-0.15, -0.1) is 0 Å². The van der Waals surface area contributed by atoms with Crippen molar-refractivity contribution in [1.82, 2.24) is 10.2 Å². The number of nitrogens with one attached hydrogen (secondary N) is 1. The zero-order valence-corrected chi connectivity index (χ0v) is 15.6. The first-order chi connectivity index (χ1) is 12.8. The molecule has 0 aliphatic carbocycles. The first kappa shape index (κ1) is 19.7. The Hall–Kier alpha value is -2.06. The summed E-state index contributed by atoms with van der Waals surface area (Å²) in [6.45, 7) is 6.97. The number of hydrogen-bond acceptors (Lipinski definition) is 4. The van der Waals surface area contributed by atoms with Gasteiger partial charge < -0.3 is 15.0 Å². The first-order valence-electron chi connectivity index (χ1n) is 9.24. The van der Waals surface area contributed by atoms with Gasteiger partial charge in [0.2, 0.25) is 11.8 Å². The number of amides is 2. The van der Waals surface area contributed by atoms with Crippen molar-refractivity contribution in [1.29, 1.82) is 0 Å². The third-order valence-electron chi connectivity index (χ3n) is 4.92. The van der Waals surface area contributed by atoms with Crippen LogP contribution in [0.5, 0.6) is 0 Å². The van der Waals surface area contributed by atoms with Crippen molar-refractivity contribution in [3.8, 4) is 0 Å². The van der Waals surface area contributed by atoms with Gasteiger partial charge in [0.15, 0.2) is 0 Å². The molecule has 0 radical (unpaired) electrons. The van der Waals surface area contributed by atoms with E-state index in [4.69, 9.17) is 4.74 Å². The second-order valence-electron chi connectivity index (χ2n) is 7.31. The van der Waals surface area contributed by atoms with Crippen LogP contribution in [0.15, 0.2) is 18.2 Å². The molecule has 0 bridgehead atoms. The number of nitrogens with zero attached hydrogens (tertiary/aromatic N) is 2. The molecule has 2 saturated heterocycles. The summed E-state index contributed by atoms with van der Waals surface area (Å²) in [6.07, 6.45) is 0.348. The topological polar surface area (TPSA) is 61.9 Å². The molecule has 2 fully saturated rings. The number of rotatable bonds is 5. The SMILES string of the molecule is CC1CN(CCNC(=O)C2CC(=O)N(c3ccc(F)cc3F)C2)CC(C)O1. The smallest absolute Gasteiger partial charge is 0.227 e. The molecular weight excluding hydrogens is 356 g/mol. The lowest BCUT2D eigenvalue weighted by molar-refractivity contribution is -0.126. The van der Waals surface area contributed by atoms with Crippen molar-refractivity contribution in [2.45, 2.75) is 32.5 Å². The number of carbonyl (C=O) groups is 2. The van der Waals surface area contributed by atoms with Crippen LogP contribution < -0.4 is 10.2 Å². The summed E-state index contributed by atoms with van der Waals surface area (Å²) >= 11 is 0. The van der Waals surface area contributed by atoms with Crippen LogP contribution in [0.3, 0.4) is 0 Å². The van der Waals surface area contributed by atoms with E-state index in [0.717, 1.165) is 25.2 Å². The standard InChI is InChI=1S/C19H25F2N3O3/c1-12-9-23(10-13(2)27-12)6-5-22-19(26)14-7-18(25)24(11-14)17-4-3-15(20)8-16(17)21/h3-4,8,12-14H,5-7,9-11H2,1-2H3,(H,22,26). The fourth-order valence-corrected chi connectivity index (χ4v) is 3.76. The van der Waals surface area contributed by atoms with E-state index in [1.165, 1.54) is 11.0 Å². The maximum Gasteiger partial charge on any atom is 0.227 e. The Bertz CT molecular complexity index is 705. The maximum atomic E-state index is 13.9. The third-order valence-corrected chi connectivity index (χ3v) is 4.92. The van der Waals surface area contributed by atoms with Gasteiger partial charge in [0.25, 0.3) is 0 Å². The van der Waals surface area contributed by atoms with E-state index in [9.17, 15) is 18.4 Å². The predicted octanol–water partition coefficient (Wildman–Crippen LogP) is 1.54. The Labute approximate surface area is 157 Å². The van der Waals surface area contributed by atoms with Crippen molar-refractivity contribution < 1.29 is 23.1 Å². The van der Waals surface area contributed by atoms with Crippen LogP contribution in [0.4, 0.5) is 14.5 Å². The molecule has 148 valence electrons. The highest BCUT2D eigenvalue weighted by molar-refractivity contribution is 6.00. The molecule has 3 rings (SSSR count). The molecule has 0 aromatic heterocycles. The molecule has 3 atom stereocenters. The summed E-state index contributed by atoms with van der Waals surface area (Å²) < 4.78 is 32.7. The van der Waals surface area contributed by atoms with Gasteiger partial charge in [-0.25, -0.2) is 8.78 Å². The molecule has 0 saturated carbocycles. The van der Waals surface area contributed by atoms with Gasteiger partial charge in [-0.05, 0) is 26.0 Å². The summed E-state index contributed by atoms with van der Waals surface area (Å²) in [7, 11) is 0. The lowest BCUT2D eigenvalue weighted by atomic mass is 10.1. The lowest BCUT2D eigenvalue weighted by Crippen LogP contribution is -2.48. The number of carbonyl (C=O) groups excluding carboxylic acids is 2. The molecular formula is C19H25F2N3O3. The molecule has 2 aliphatic heterocycles. The van der Waals surface area contributed by atoms with Crippen molar-refractivity contribution in [3.05, 3.63) is 29.8 Å². The van der Waals surface area contributed by atoms with Gasteiger partial charge >= 0.3 is 0 Å². The van der Waals surface area contributed by atoms with Crippen molar-refractivity contribution in [2.75, 3.05) is 37.6 Å².